The Morgan fingerprint density at radius 3 is 0.679 bits per heavy atom. The summed E-state index contributed by atoms with van der Waals surface area (Å²) < 4.78 is 27.2. The summed E-state index contributed by atoms with van der Waals surface area (Å²) in [6.07, 6.45) is 2.04. The molecule has 0 aromatic heterocycles. The van der Waals surface area contributed by atoms with Gasteiger partial charge in [-0.1, -0.05) is 20.8 Å². The number of hydrogen-bond acceptors (Lipinski definition) is 26. The van der Waals surface area contributed by atoms with Crippen LogP contribution in [0.2, 0.25) is 0 Å². The monoisotopic (exact) mass is 1770 g/mol. The van der Waals surface area contributed by atoms with E-state index in [-0.39, 0.29) is 242 Å². The molecule has 34 heteroatoms. The quantitative estimate of drug-likeness (QED) is 0.0214. The molecule has 1 atom stereocenters. The first-order chi connectivity index (χ1) is 48.1. The minimum absolute atomic E-state index is 0. The molecule has 0 bridgehead atoms. The molecule has 0 amide bonds. The van der Waals surface area contributed by atoms with E-state index in [0.717, 1.165) is 0 Å². The van der Waals surface area contributed by atoms with Gasteiger partial charge in [-0.2, -0.15) is 0 Å². The van der Waals surface area contributed by atoms with Gasteiger partial charge in [0.15, 0.2) is 13.2 Å². The molecule has 3 aliphatic rings. The maximum Gasteiger partial charge on any atom is 0.517 e. The second-order valence-electron chi connectivity index (χ2n) is 29.2. The molecule has 3 fully saturated rings. The molecule has 1 unspecified atom stereocenters. The Morgan fingerprint density at radius 2 is 0.589 bits per heavy atom. The molecule has 3 rings (SSSR count). The van der Waals surface area contributed by atoms with Gasteiger partial charge in [0.1, 0.15) is 58.7 Å². The zero-order valence-electron chi connectivity index (χ0n) is 76.1. The Morgan fingerprint density at radius 1 is 0.393 bits per heavy atom. The largest absolute Gasteiger partial charge is 0.517 e. The molecule has 20 N–H and O–H groups in total. The molecule has 3 heterocycles. The van der Waals surface area contributed by atoms with Crippen LogP contribution in [0.5, 0.6) is 0 Å². The van der Waals surface area contributed by atoms with Crippen LogP contribution in [-0.2, 0) is 134 Å². The van der Waals surface area contributed by atoms with E-state index in [4.69, 9.17) is 91.3 Å². The van der Waals surface area contributed by atoms with E-state index in [9.17, 15) is 28.8 Å². The summed E-state index contributed by atoms with van der Waals surface area (Å²) in [6, 6.07) is 0. The number of allylic oxidation sites excluding steroid dienone is 4. The van der Waals surface area contributed by atoms with E-state index in [1.54, 1.807) is 187 Å². The molecule has 0 saturated carbocycles. The van der Waals surface area contributed by atoms with Crippen LogP contribution >= 0.6 is 0 Å². The van der Waals surface area contributed by atoms with Crippen molar-refractivity contribution in [3.63, 3.8) is 0 Å². The number of rotatable bonds is 7. The molecular formula is C78H166O30Ti4+4. The van der Waals surface area contributed by atoms with Crippen molar-refractivity contribution in [1.29, 1.82) is 0 Å². The SMILES string of the molecule is CC(=O)C1CCOC1=O.CC(C)O.CC(C)O.CC(C)O.CC(C)O.CC(C)O.CC(C)O.CC(C)O.CC(C)O.CC(C)O.CC(C)O.CC(C)O.CC(C)O.CC(O)=C1CCOC1=[OH+].CC(O)=C1CCOC1=[OH+].COC(=O)CC(=O)C(C)(C)C.COC(O)=CC(=[OH+])C(C)(C)C.COC(O)=CC(=[OH+])C(C)(C)C.[Ti].[Ti].[Ti].[Ti]. The van der Waals surface area contributed by atoms with Crippen LogP contribution in [0.1, 0.15) is 275 Å². The normalized spacial score (nSPS) is 13.4. The fourth-order valence-electron chi connectivity index (χ4n) is 3.68. The van der Waals surface area contributed by atoms with Crippen molar-refractivity contribution in [3.8, 4) is 0 Å². The van der Waals surface area contributed by atoms with Gasteiger partial charge in [0.2, 0.25) is 0 Å². The number of hydrogen-bond donors (Lipinski definition) is 16. The third kappa shape index (κ3) is 214. The Bertz CT molecular complexity index is 2030. The molecule has 0 spiro atoms. The smallest absolute Gasteiger partial charge is 0.512 e. The fraction of sp³-hybridized carbons (Fsp3) is 0.795. The van der Waals surface area contributed by atoms with Gasteiger partial charge < -0.3 is 120 Å². The number of ketones is 4. The fourth-order valence-corrected chi connectivity index (χ4v) is 3.68. The number of carbonyl (C=O) groups excluding carboxylic acids is 8. The van der Waals surface area contributed by atoms with Crippen LogP contribution < -0.4 is 0 Å². The summed E-state index contributed by atoms with van der Waals surface area (Å²) in [5.41, 5.74) is -0.113. The average molecular weight is 1780 g/mol. The topological polar surface area (TPSA) is 533 Å². The number of methoxy groups -OCH3 is 3. The Hall–Kier alpha value is -3.30. The van der Waals surface area contributed by atoms with E-state index >= 15 is 0 Å². The minimum atomic E-state index is -0.468. The Kier molecular flexibility index (Phi) is 140. The third-order valence-electron chi connectivity index (χ3n) is 7.84. The second kappa shape index (κ2) is 100. The zero-order valence-corrected chi connectivity index (χ0v) is 82.4. The number of aliphatic hydroxyl groups is 16. The summed E-state index contributed by atoms with van der Waals surface area (Å²) >= 11 is 0. The first kappa shape index (κ1) is 157. The van der Waals surface area contributed by atoms with Gasteiger partial charge >= 0.3 is 35.4 Å². The molecule has 0 radical (unpaired) electrons. The number of carbonyl (C=O) groups is 4. The number of aliphatic hydroxyl groups excluding tert-OH is 16. The number of ether oxygens (including phenoxy) is 6. The second-order valence-corrected chi connectivity index (χ2v) is 29.2. The van der Waals surface area contributed by atoms with Crippen molar-refractivity contribution in [2.24, 2.45) is 22.2 Å². The zero-order chi connectivity index (χ0) is 90.7. The maximum absolute atomic E-state index is 11.1. The van der Waals surface area contributed by atoms with Crippen molar-refractivity contribution in [1.82, 2.24) is 0 Å². The summed E-state index contributed by atoms with van der Waals surface area (Å²) in [5.74, 6) is -1.82. The van der Waals surface area contributed by atoms with Gasteiger partial charge in [-0.15, -0.1) is 0 Å². The van der Waals surface area contributed by atoms with Crippen LogP contribution in [0.4, 0.5) is 0 Å². The van der Waals surface area contributed by atoms with Gasteiger partial charge in [0.05, 0.1) is 38.8 Å². The van der Waals surface area contributed by atoms with Crippen molar-refractivity contribution in [2.45, 2.75) is 348 Å². The van der Waals surface area contributed by atoms with Gasteiger partial charge in [0.25, 0.3) is 11.9 Å². The molecule has 112 heavy (non-hydrogen) atoms. The summed E-state index contributed by atoms with van der Waals surface area (Å²) in [7, 11) is 3.95. The van der Waals surface area contributed by atoms with Crippen molar-refractivity contribution < 1.29 is 235 Å². The predicted octanol–water partition coefficient (Wildman–Crippen LogP) is 10.7. The van der Waals surface area contributed by atoms with Crippen LogP contribution in [0, 0.1) is 22.2 Å². The van der Waals surface area contributed by atoms with Crippen LogP contribution in [-0.4, -0.2) is 262 Å². The molecular weight excluding hydrogens is 1610 g/mol. The molecule has 0 aliphatic carbocycles. The summed E-state index contributed by atoms with van der Waals surface area (Å²) in [6.45, 7) is 63.5. The Labute approximate surface area is 735 Å². The first-order valence-corrected chi connectivity index (χ1v) is 35.7. The number of cyclic esters (lactones) is 3. The average Bonchev–Trinajstić information content (AvgIpc) is 1.22. The predicted molar refractivity (Wildman–Crippen MR) is 433 cm³/mol. The standard InChI is InChI=1S/3C8H14O3.3C6H8O3.12C3H8O.4Ti/c3*1-8(2,3)6(9)5-7(10)11-4;3*1-4(7)5-2-3-9-6(5)8;12*1-3(2)4;;;;/h5H2,1-4H3;2*5,10H,1-4H3;2*7H,2-3H2,1H3;5H,2-3H2,1H3;12*3-4H,1-2H3;;;;/p+4. The Balaban J connectivity index is -0.0000000488. The van der Waals surface area contributed by atoms with Gasteiger partial charge in [-0.05, 0) is 228 Å². The minimum Gasteiger partial charge on any atom is -0.512 e. The molecule has 670 valence electrons. The van der Waals surface area contributed by atoms with E-state index < -0.39 is 17.3 Å². The third-order valence-corrected chi connectivity index (χ3v) is 7.84. The van der Waals surface area contributed by atoms with Crippen molar-refractivity contribution in [2.75, 3.05) is 41.2 Å². The molecule has 0 aromatic rings. The van der Waals surface area contributed by atoms with E-state index in [0.29, 0.717) is 50.2 Å². The maximum atomic E-state index is 11.1. The van der Waals surface area contributed by atoms with Crippen LogP contribution in [0.15, 0.2) is 46.7 Å². The van der Waals surface area contributed by atoms with Crippen LogP contribution in [0.3, 0.4) is 0 Å². The van der Waals surface area contributed by atoms with E-state index in [1.165, 1.54) is 54.3 Å². The number of Topliss-reactive ketones (excluding diaryl/α,β-unsaturated/α-hetero) is 2. The summed E-state index contributed by atoms with van der Waals surface area (Å²) in [5, 5.41) is 132. The van der Waals surface area contributed by atoms with E-state index in [1.807, 2.05) is 41.5 Å². The van der Waals surface area contributed by atoms with Gasteiger partial charge in [-0.25, -0.2) is 0 Å². The van der Waals surface area contributed by atoms with Gasteiger partial charge in [-0.3, -0.25) is 28.8 Å². The van der Waals surface area contributed by atoms with Gasteiger partial charge in [0, 0.05) is 185 Å². The van der Waals surface area contributed by atoms with Crippen LogP contribution in [0.25, 0.3) is 0 Å². The van der Waals surface area contributed by atoms with E-state index in [2.05, 4.69) is 28.4 Å². The molecule has 3 saturated heterocycles. The van der Waals surface area contributed by atoms with Crippen molar-refractivity contribution >= 4 is 47.0 Å². The van der Waals surface area contributed by atoms with Crippen molar-refractivity contribution in [3.05, 3.63) is 46.7 Å². The molecule has 0 aromatic carbocycles. The summed E-state index contributed by atoms with van der Waals surface area (Å²) in [4.78, 5) is 79.1. The molecule has 30 nitrogen and oxygen atoms in total. The number of esters is 4. The molecule has 3 aliphatic heterocycles. The first-order valence-electron chi connectivity index (χ1n) is 35.7.